The highest BCUT2D eigenvalue weighted by Crippen LogP contribution is 2.32. The molecule has 1 saturated heterocycles. The zero-order valence-corrected chi connectivity index (χ0v) is 14.4. The molecule has 1 aliphatic heterocycles. The number of carbonyl (C=O) groups is 1. The molecule has 2 N–H and O–H groups in total. The maximum absolute atomic E-state index is 12.8. The van der Waals surface area contributed by atoms with E-state index in [1.165, 1.54) is 22.3 Å². The lowest BCUT2D eigenvalue weighted by molar-refractivity contribution is -0.748. The van der Waals surface area contributed by atoms with E-state index in [4.69, 9.17) is 0 Å². The van der Waals surface area contributed by atoms with Crippen LogP contribution < -0.4 is 5.32 Å². The van der Waals surface area contributed by atoms with E-state index in [0.29, 0.717) is 5.78 Å². The summed E-state index contributed by atoms with van der Waals surface area (Å²) < 4.78 is 0. The molecule has 0 amide bonds. The van der Waals surface area contributed by atoms with Gasteiger partial charge >= 0.3 is 0 Å². The van der Waals surface area contributed by atoms with Crippen molar-refractivity contribution in [2.75, 3.05) is 0 Å². The van der Waals surface area contributed by atoms with Crippen molar-refractivity contribution >= 4 is 5.78 Å². The average molecular weight is 308 g/mol. The van der Waals surface area contributed by atoms with E-state index in [-0.39, 0.29) is 23.9 Å². The standard InChI is InChI=1S/C21H25NO/c1-13-7-5-9-17(11-13)19-15(3)21(23)16(4)20(22-19)18-10-6-8-14(2)12-18/h5-12,15-16,19-20,22H,1-4H3/p+1/t15-,16+,19-,20+. The minimum atomic E-state index is 0.0489. The summed E-state index contributed by atoms with van der Waals surface area (Å²) in [6.07, 6.45) is 0. The number of ketones is 1. The van der Waals surface area contributed by atoms with Crippen molar-refractivity contribution < 1.29 is 10.1 Å². The summed E-state index contributed by atoms with van der Waals surface area (Å²) in [7, 11) is 0. The van der Waals surface area contributed by atoms with E-state index in [0.717, 1.165) is 0 Å². The third-order valence-corrected chi connectivity index (χ3v) is 5.24. The number of carbonyl (C=O) groups excluding carboxylic acids is 1. The molecule has 0 saturated carbocycles. The van der Waals surface area contributed by atoms with Gasteiger partial charge in [-0.2, -0.15) is 0 Å². The van der Waals surface area contributed by atoms with Gasteiger partial charge in [0.1, 0.15) is 12.1 Å². The molecule has 2 aromatic rings. The summed E-state index contributed by atoms with van der Waals surface area (Å²) in [5.41, 5.74) is 5.02. The van der Waals surface area contributed by atoms with E-state index in [9.17, 15) is 4.79 Å². The van der Waals surface area contributed by atoms with Gasteiger partial charge in [0.05, 0.1) is 11.8 Å². The van der Waals surface area contributed by atoms with Crippen LogP contribution in [0.3, 0.4) is 0 Å². The Hall–Kier alpha value is -1.93. The van der Waals surface area contributed by atoms with Crippen LogP contribution in [0.1, 0.15) is 48.2 Å². The van der Waals surface area contributed by atoms with Crippen molar-refractivity contribution in [2.45, 2.75) is 39.8 Å². The van der Waals surface area contributed by atoms with Gasteiger partial charge in [-0.1, -0.05) is 59.7 Å². The Balaban J connectivity index is 1.97. The van der Waals surface area contributed by atoms with Gasteiger partial charge in [-0.05, 0) is 27.7 Å². The predicted octanol–water partition coefficient (Wildman–Crippen LogP) is 3.50. The first kappa shape index (κ1) is 15.9. The number of hydrogen-bond donors (Lipinski definition) is 1. The number of piperidine rings is 1. The normalized spacial score (nSPS) is 27.9. The number of quaternary nitrogens is 1. The number of aryl methyl sites for hydroxylation is 2. The lowest BCUT2D eigenvalue weighted by Gasteiger charge is -2.36. The molecule has 2 aromatic carbocycles. The summed E-state index contributed by atoms with van der Waals surface area (Å²) in [6.45, 7) is 8.38. The van der Waals surface area contributed by atoms with Crippen molar-refractivity contribution in [3.63, 3.8) is 0 Å². The van der Waals surface area contributed by atoms with E-state index in [1.54, 1.807) is 0 Å². The van der Waals surface area contributed by atoms with Crippen molar-refractivity contribution in [1.29, 1.82) is 0 Å². The second kappa shape index (κ2) is 6.29. The molecule has 0 aliphatic carbocycles. The summed E-state index contributed by atoms with van der Waals surface area (Å²) in [5, 5.41) is 2.40. The monoisotopic (exact) mass is 308 g/mol. The molecule has 2 heteroatoms. The third kappa shape index (κ3) is 3.09. The maximum atomic E-state index is 12.8. The molecule has 120 valence electrons. The van der Waals surface area contributed by atoms with Gasteiger partial charge in [0.25, 0.3) is 0 Å². The lowest BCUT2D eigenvalue weighted by atomic mass is 9.76. The molecule has 3 rings (SSSR count). The minimum Gasteiger partial charge on any atom is -0.333 e. The summed E-state index contributed by atoms with van der Waals surface area (Å²) >= 11 is 0. The lowest BCUT2D eigenvalue weighted by Crippen LogP contribution is -2.91. The van der Waals surface area contributed by atoms with Gasteiger partial charge in [-0.3, -0.25) is 4.79 Å². The van der Waals surface area contributed by atoms with Crippen LogP contribution in [0.15, 0.2) is 48.5 Å². The van der Waals surface area contributed by atoms with E-state index >= 15 is 0 Å². The van der Waals surface area contributed by atoms with Crippen LogP contribution in [-0.4, -0.2) is 5.78 Å². The Morgan fingerprint density at radius 2 is 1.22 bits per heavy atom. The van der Waals surface area contributed by atoms with E-state index in [1.807, 2.05) is 0 Å². The van der Waals surface area contributed by atoms with Gasteiger partial charge in [-0.25, -0.2) is 0 Å². The highest BCUT2D eigenvalue weighted by molar-refractivity contribution is 5.84. The van der Waals surface area contributed by atoms with Crippen LogP contribution >= 0.6 is 0 Å². The van der Waals surface area contributed by atoms with E-state index in [2.05, 4.69) is 81.5 Å². The highest BCUT2D eigenvalue weighted by Gasteiger charge is 2.43. The molecule has 1 heterocycles. The first-order valence-electron chi connectivity index (χ1n) is 8.49. The van der Waals surface area contributed by atoms with E-state index < -0.39 is 0 Å². The molecule has 23 heavy (non-hydrogen) atoms. The van der Waals surface area contributed by atoms with Crippen LogP contribution in [0.5, 0.6) is 0 Å². The number of nitrogens with two attached hydrogens (primary N) is 1. The van der Waals surface area contributed by atoms with Crippen LogP contribution in [-0.2, 0) is 4.79 Å². The molecule has 1 aliphatic rings. The largest absolute Gasteiger partial charge is 0.333 e. The van der Waals surface area contributed by atoms with Crippen molar-refractivity contribution in [2.24, 2.45) is 11.8 Å². The molecular formula is C21H26NO+. The first-order chi connectivity index (χ1) is 11.0. The quantitative estimate of drug-likeness (QED) is 0.905. The topological polar surface area (TPSA) is 33.7 Å². The summed E-state index contributed by atoms with van der Waals surface area (Å²) in [4.78, 5) is 12.8. The number of rotatable bonds is 2. The Kier molecular flexibility index (Phi) is 4.36. The van der Waals surface area contributed by atoms with Gasteiger partial charge in [0.2, 0.25) is 0 Å². The van der Waals surface area contributed by atoms with Crippen LogP contribution in [0.25, 0.3) is 0 Å². The van der Waals surface area contributed by atoms with Gasteiger partial charge < -0.3 is 5.32 Å². The highest BCUT2D eigenvalue weighted by atomic mass is 16.1. The zero-order valence-electron chi connectivity index (χ0n) is 14.4. The number of Topliss-reactive ketones (excluding diaryl/α,β-unsaturated/α-hetero) is 1. The molecule has 0 unspecified atom stereocenters. The maximum Gasteiger partial charge on any atom is 0.151 e. The molecule has 4 atom stereocenters. The Labute approximate surface area is 138 Å². The number of hydrogen-bond acceptors (Lipinski definition) is 1. The molecule has 2 nitrogen and oxygen atoms in total. The molecule has 0 bridgehead atoms. The van der Waals surface area contributed by atoms with Crippen molar-refractivity contribution in [1.82, 2.24) is 0 Å². The fourth-order valence-electron chi connectivity index (χ4n) is 3.88. The second-order valence-corrected chi connectivity index (χ2v) is 7.05. The fraction of sp³-hybridized carbons (Fsp3) is 0.381. The molecule has 0 spiro atoms. The molecule has 0 aromatic heterocycles. The SMILES string of the molecule is Cc1cccc([C@H]2[NH2+][C@@H](c3cccc(C)c3)[C@@H](C)C(=O)[C@H]2C)c1. The number of benzene rings is 2. The molecular weight excluding hydrogens is 282 g/mol. The van der Waals surface area contributed by atoms with Crippen LogP contribution in [0, 0.1) is 25.7 Å². The molecule has 0 radical (unpaired) electrons. The van der Waals surface area contributed by atoms with Crippen LogP contribution in [0.2, 0.25) is 0 Å². The van der Waals surface area contributed by atoms with Crippen molar-refractivity contribution in [3.05, 3.63) is 70.8 Å². The Morgan fingerprint density at radius 1 is 0.783 bits per heavy atom. The first-order valence-corrected chi connectivity index (χ1v) is 8.49. The predicted molar refractivity (Wildman–Crippen MR) is 93.1 cm³/mol. The van der Waals surface area contributed by atoms with Crippen molar-refractivity contribution in [3.8, 4) is 0 Å². The van der Waals surface area contributed by atoms with Gasteiger partial charge in [0.15, 0.2) is 5.78 Å². The zero-order chi connectivity index (χ0) is 16.6. The average Bonchev–Trinajstić information content (AvgIpc) is 2.53. The molecule has 1 fully saturated rings. The second-order valence-electron chi connectivity index (χ2n) is 7.05. The minimum absolute atomic E-state index is 0.0489. The summed E-state index contributed by atoms with van der Waals surface area (Å²) in [6, 6.07) is 17.5. The summed E-state index contributed by atoms with van der Waals surface area (Å²) in [5.74, 6) is 0.478. The van der Waals surface area contributed by atoms with Crippen LogP contribution in [0.4, 0.5) is 0 Å². The Morgan fingerprint density at radius 3 is 1.61 bits per heavy atom. The smallest absolute Gasteiger partial charge is 0.151 e. The fourth-order valence-corrected chi connectivity index (χ4v) is 3.88. The third-order valence-electron chi connectivity index (χ3n) is 5.24. The van der Waals surface area contributed by atoms with Gasteiger partial charge in [-0.15, -0.1) is 0 Å². The van der Waals surface area contributed by atoms with Gasteiger partial charge in [0, 0.05) is 11.1 Å². The Bertz CT molecular complexity index is 662.